The summed E-state index contributed by atoms with van der Waals surface area (Å²) in [6.45, 7) is 1.90. The second-order valence-electron chi connectivity index (χ2n) is 4.48. The first-order chi connectivity index (χ1) is 9.97. The lowest BCUT2D eigenvalue weighted by atomic mass is 10.0. The average Bonchev–Trinajstić information content (AvgIpc) is 2.48. The van der Waals surface area contributed by atoms with E-state index >= 15 is 0 Å². The van der Waals surface area contributed by atoms with Crippen molar-refractivity contribution in [2.75, 3.05) is 14.2 Å². The van der Waals surface area contributed by atoms with E-state index in [1.165, 1.54) is 26.4 Å². The van der Waals surface area contributed by atoms with Gasteiger partial charge in [0.1, 0.15) is 5.75 Å². The molecule has 0 atom stereocenters. The second-order valence-corrected chi connectivity index (χ2v) is 5.33. The van der Waals surface area contributed by atoms with Gasteiger partial charge in [-0.2, -0.15) is 0 Å². The third-order valence-electron chi connectivity index (χ3n) is 3.14. The van der Waals surface area contributed by atoms with Crippen LogP contribution in [0.15, 0.2) is 34.8 Å². The number of ketones is 1. The molecule has 0 bridgehead atoms. The first kappa shape index (κ1) is 15.5. The maximum atomic E-state index is 13.7. The van der Waals surface area contributed by atoms with Crippen molar-refractivity contribution in [3.8, 4) is 11.5 Å². The Morgan fingerprint density at radius 3 is 2.33 bits per heavy atom. The normalized spacial score (nSPS) is 10.3. The van der Waals surface area contributed by atoms with Crippen LogP contribution in [-0.4, -0.2) is 20.0 Å². The summed E-state index contributed by atoms with van der Waals surface area (Å²) < 4.78 is 24.6. The quantitative estimate of drug-likeness (QED) is 0.775. The van der Waals surface area contributed by atoms with Gasteiger partial charge in [-0.15, -0.1) is 0 Å². The Morgan fingerprint density at radius 2 is 1.76 bits per heavy atom. The molecular weight excluding hydrogens is 339 g/mol. The maximum absolute atomic E-state index is 13.7. The number of rotatable bonds is 4. The third kappa shape index (κ3) is 3.08. The number of carbonyl (C=O) groups is 1. The molecule has 0 N–H and O–H groups in total. The van der Waals surface area contributed by atoms with Crippen molar-refractivity contribution < 1.29 is 18.7 Å². The molecule has 0 unspecified atom stereocenters. The van der Waals surface area contributed by atoms with Gasteiger partial charge in [0.05, 0.1) is 19.8 Å². The molecule has 0 aliphatic carbocycles. The highest BCUT2D eigenvalue weighted by molar-refractivity contribution is 9.10. The van der Waals surface area contributed by atoms with E-state index < -0.39 is 5.82 Å². The van der Waals surface area contributed by atoms with Gasteiger partial charge in [-0.05, 0) is 42.8 Å². The molecule has 0 saturated heterocycles. The largest absolute Gasteiger partial charge is 0.496 e. The fourth-order valence-electron chi connectivity index (χ4n) is 1.96. The number of methoxy groups -OCH3 is 2. The molecule has 0 fully saturated rings. The Hall–Kier alpha value is -1.88. The molecule has 110 valence electrons. The van der Waals surface area contributed by atoms with E-state index in [4.69, 9.17) is 9.47 Å². The number of ether oxygens (including phenoxy) is 2. The first-order valence-corrected chi connectivity index (χ1v) is 6.99. The van der Waals surface area contributed by atoms with E-state index in [1.807, 2.05) is 6.92 Å². The minimum absolute atomic E-state index is 0.101. The molecule has 0 saturated carbocycles. The highest BCUT2D eigenvalue weighted by atomic mass is 79.9. The molecule has 0 amide bonds. The zero-order valence-electron chi connectivity index (χ0n) is 11.9. The first-order valence-electron chi connectivity index (χ1n) is 6.20. The molecule has 0 aliphatic rings. The molecule has 0 radical (unpaired) electrons. The predicted molar refractivity (Wildman–Crippen MR) is 81.8 cm³/mol. The van der Waals surface area contributed by atoms with Crippen molar-refractivity contribution >= 4 is 21.7 Å². The standard InChI is InChI=1S/C16H14BrFO3/c1-9-6-15(21-3)11(8-12(9)17)16(19)10-4-5-14(20-2)13(18)7-10/h4-8H,1-3H3. The molecule has 2 rings (SSSR count). The van der Waals surface area contributed by atoms with E-state index in [2.05, 4.69) is 15.9 Å². The Morgan fingerprint density at radius 1 is 1.10 bits per heavy atom. The minimum Gasteiger partial charge on any atom is -0.496 e. The number of hydrogen-bond acceptors (Lipinski definition) is 3. The van der Waals surface area contributed by atoms with Gasteiger partial charge in [0.15, 0.2) is 17.3 Å². The van der Waals surface area contributed by atoms with E-state index in [0.29, 0.717) is 11.3 Å². The van der Waals surface area contributed by atoms with E-state index in [9.17, 15) is 9.18 Å². The van der Waals surface area contributed by atoms with Gasteiger partial charge in [-0.3, -0.25) is 4.79 Å². The highest BCUT2D eigenvalue weighted by Gasteiger charge is 2.18. The van der Waals surface area contributed by atoms with Crippen molar-refractivity contribution in [2.45, 2.75) is 6.92 Å². The van der Waals surface area contributed by atoms with Crippen molar-refractivity contribution in [3.05, 3.63) is 57.3 Å². The van der Waals surface area contributed by atoms with Crippen LogP contribution in [0.25, 0.3) is 0 Å². The Kier molecular flexibility index (Phi) is 4.63. The van der Waals surface area contributed by atoms with E-state index in [1.54, 1.807) is 12.1 Å². The van der Waals surface area contributed by atoms with Crippen LogP contribution in [0.5, 0.6) is 11.5 Å². The molecule has 2 aromatic carbocycles. The molecule has 2 aromatic rings. The van der Waals surface area contributed by atoms with Crippen LogP contribution in [0, 0.1) is 12.7 Å². The summed E-state index contributed by atoms with van der Waals surface area (Å²) in [4.78, 5) is 12.5. The van der Waals surface area contributed by atoms with Gasteiger partial charge in [0.25, 0.3) is 0 Å². The SMILES string of the molecule is COc1ccc(C(=O)c2cc(Br)c(C)cc2OC)cc1F. The number of carbonyl (C=O) groups excluding carboxylic acids is 1. The fourth-order valence-corrected chi connectivity index (χ4v) is 2.31. The lowest BCUT2D eigenvalue weighted by Gasteiger charge is -2.11. The molecule has 21 heavy (non-hydrogen) atoms. The lowest BCUT2D eigenvalue weighted by Crippen LogP contribution is -2.05. The molecule has 0 aliphatic heterocycles. The fraction of sp³-hybridized carbons (Fsp3) is 0.188. The van der Waals surface area contributed by atoms with Crippen LogP contribution in [0.4, 0.5) is 4.39 Å². The van der Waals surface area contributed by atoms with Crippen LogP contribution >= 0.6 is 15.9 Å². The summed E-state index contributed by atoms with van der Waals surface area (Å²) in [5, 5.41) is 0. The Labute approximate surface area is 130 Å². The molecule has 0 spiro atoms. The van der Waals surface area contributed by atoms with Gasteiger partial charge >= 0.3 is 0 Å². The number of hydrogen-bond donors (Lipinski definition) is 0. The van der Waals surface area contributed by atoms with Gasteiger partial charge < -0.3 is 9.47 Å². The molecular formula is C16H14BrFO3. The van der Waals surface area contributed by atoms with Gasteiger partial charge in [-0.25, -0.2) is 4.39 Å². The smallest absolute Gasteiger partial charge is 0.196 e. The topological polar surface area (TPSA) is 35.5 Å². The van der Waals surface area contributed by atoms with Crippen molar-refractivity contribution in [2.24, 2.45) is 0 Å². The number of halogens is 2. The lowest BCUT2D eigenvalue weighted by molar-refractivity contribution is 0.103. The monoisotopic (exact) mass is 352 g/mol. The zero-order valence-corrected chi connectivity index (χ0v) is 13.5. The predicted octanol–water partition coefficient (Wildman–Crippen LogP) is 4.14. The van der Waals surface area contributed by atoms with Gasteiger partial charge in [0.2, 0.25) is 0 Å². The summed E-state index contributed by atoms with van der Waals surface area (Å²) in [7, 11) is 2.87. The van der Waals surface area contributed by atoms with Crippen molar-refractivity contribution in [3.63, 3.8) is 0 Å². The molecule has 0 heterocycles. The average molecular weight is 353 g/mol. The van der Waals surface area contributed by atoms with E-state index in [0.717, 1.165) is 16.1 Å². The summed E-state index contributed by atoms with van der Waals surface area (Å²) >= 11 is 3.39. The summed E-state index contributed by atoms with van der Waals surface area (Å²) in [5.41, 5.74) is 1.56. The molecule has 3 nitrogen and oxygen atoms in total. The molecule has 0 aromatic heterocycles. The zero-order chi connectivity index (χ0) is 15.6. The van der Waals surface area contributed by atoms with Gasteiger partial charge in [-0.1, -0.05) is 15.9 Å². The Bertz CT molecular complexity index is 698. The van der Waals surface area contributed by atoms with E-state index in [-0.39, 0.29) is 17.1 Å². The third-order valence-corrected chi connectivity index (χ3v) is 3.99. The van der Waals surface area contributed by atoms with Crippen LogP contribution in [-0.2, 0) is 0 Å². The second kappa shape index (κ2) is 6.26. The van der Waals surface area contributed by atoms with Crippen LogP contribution < -0.4 is 9.47 Å². The van der Waals surface area contributed by atoms with Crippen LogP contribution in [0.3, 0.4) is 0 Å². The van der Waals surface area contributed by atoms with Crippen molar-refractivity contribution in [1.29, 1.82) is 0 Å². The van der Waals surface area contributed by atoms with Crippen LogP contribution in [0.1, 0.15) is 21.5 Å². The summed E-state index contributed by atoms with van der Waals surface area (Å²) in [6.07, 6.45) is 0. The summed E-state index contributed by atoms with van der Waals surface area (Å²) in [6, 6.07) is 7.56. The minimum atomic E-state index is -0.575. The number of aryl methyl sites for hydroxylation is 1. The Balaban J connectivity index is 2.49. The summed E-state index contributed by atoms with van der Waals surface area (Å²) in [5.74, 6) is -0.330. The van der Waals surface area contributed by atoms with Crippen molar-refractivity contribution in [1.82, 2.24) is 0 Å². The highest BCUT2D eigenvalue weighted by Crippen LogP contribution is 2.29. The number of benzene rings is 2. The van der Waals surface area contributed by atoms with Crippen LogP contribution in [0.2, 0.25) is 0 Å². The maximum Gasteiger partial charge on any atom is 0.196 e. The molecule has 5 heteroatoms. The van der Waals surface area contributed by atoms with Gasteiger partial charge in [0, 0.05) is 10.0 Å².